The first-order valence-corrected chi connectivity index (χ1v) is 11.5. The van der Waals surface area contributed by atoms with Crippen LogP contribution in [0, 0.1) is 13.8 Å². The SMILES string of the molecule is Cc1cc(C(=O)NC(c2ccccc2)c2cccs2)cc(S(=O)(=O)N(C)C)c1C. The Morgan fingerprint density at radius 3 is 2.31 bits per heavy atom. The topological polar surface area (TPSA) is 66.5 Å². The van der Waals surface area contributed by atoms with E-state index in [0.29, 0.717) is 11.1 Å². The van der Waals surface area contributed by atoms with Gasteiger partial charge in [0.1, 0.15) is 0 Å². The second kappa shape index (κ2) is 8.49. The zero-order chi connectivity index (χ0) is 21.2. The second-order valence-corrected chi connectivity index (χ2v) is 10.1. The molecule has 3 aromatic rings. The highest BCUT2D eigenvalue weighted by Crippen LogP contribution is 2.28. The summed E-state index contributed by atoms with van der Waals surface area (Å²) in [5, 5.41) is 5.04. The molecule has 1 amide bonds. The van der Waals surface area contributed by atoms with Gasteiger partial charge in [-0.1, -0.05) is 36.4 Å². The third kappa shape index (κ3) is 4.42. The lowest BCUT2D eigenvalue weighted by molar-refractivity contribution is 0.0943. The molecule has 0 radical (unpaired) electrons. The van der Waals surface area contributed by atoms with Crippen molar-refractivity contribution in [1.82, 2.24) is 9.62 Å². The minimum Gasteiger partial charge on any atom is -0.340 e. The summed E-state index contributed by atoms with van der Waals surface area (Å²) in [4.78, 5) is 14.3. The van der Waals surface area contributed by atoms with E-state index < -0.39 is 10.0 Å². The number of nitrogens with one attached hydrogen (secondary N) is 1. The van der Waals surface area contributed by atoms with E-state index >= 15 is 0 Å². The van der Waals surface area contributed by atoms with E-state index in [4.69, 9.17) is 0 Å². The van der Waals surface area contributed by atoms with Crippen molar-refractivity contribution in [3.05, 3.63) is 87.1 Å². The summed E-state index contributed by atoms with van der Waals surface area (Å²) in [6, 6.07) is 16.5. The van der Waals surface area contributed by atoms with Gasteiger partial charge in [0.2, 0.25) is 10.0 Å². The molecule has 0 aliphatic carbocycles. The number of thiophene rings is 1. The third-order valence-electron chi connectivity index (χ3n) is 4.88. The van der Waals surface area contributed by atoms with Crippen LogP contribution in [-0.4, -0.2) is 32.7 Å². The molecular weight excluding hydrogens is 404 g/mol. The lowest BCUT2D eigenvalue weighted by Gasteiger charge is -2.20. The molecule has 0 aliphatic heterocycles. The molecule has 152 valence electrons. The first-order valence-electron chi connectivity index (χ1n) is 9.15. The van der Waals surface area contributed by atoms with E-state index in [9.17, 15) is 13.2 Å². The zero-order valence-electron chi connectivity index (χ0n) is 16.8. The number of carbonyl (C=O) groups is 1. The van der Waals surface area contributed by atoms with Gasteiger partial charge in [0.05, 0.1) is 10.9 Å². The molecule has 1 N–H and O–H groups in total. The number of hydrogen-bond acceptors (Lipinski definition) is 4. The maximum Gasteiger partial charge on any atom is 0.252 e. The Morgan fingerprint density at radius 2 is 1.72 bits per heavy atom. The summed E-state index contributed by atoms with van der Waals surface area (Å²) < 4.78 is 26.6. The lowest BCUT2D eigenvalue weighted by atomic mass is 10.0. The number of benzene rings is 2. The number of sulfonamides is 1. The van der Waals surface area contributed by atoms with Crippen LogP contribution in [0.4, 0.5) is 0 Å². The summed E-state index contributed by atoms with van der Waals surface area (Å²) in [6.45, 7) is 3.57. The van der Waals surface area contributed by atoms with E-state index in [1.54, 1.807) is 24.3 Å². The molecule has 1 aromatic heterocycles. The maximum atomic E-state index is 13.1. The predicted molar refractivity (Wildman–Crippen MR) is 117 cm³/mol. The number of carbonyl (C=O) groups excluding carboxylic acids is 1. The number of hydrogen-bond donors (Lipinski definition) is 1. The molecule has 0 aliphatic rings. The minimum absolute atomic E-state index is 0.153. The highest BCUT2D eigenvalue weighted by molar-refractivity contribution is 7.89. The Hall–Kier alpha value is -2.48. The highest BCUT2D eigenvalue weighted by Gasteiger charge is 2.24. The molecule has 1 atom stereocenters. The average molecular weight is 429 g/mol. The Kier molecular flexibility index (Phi) is 6.21. The second-order valence-electron chi connectivity index (χ2n) is 7.04. The molecule has 7 heteroatoms. The van der Waals surface area contributed by atoms with Crippen LogP contribution >= 0.6 is 11.3 Å². The predicted octanol–water partition coefficient (Wildman–Crippen LogP) is 4.13. The summed E-state index contributed by atoms with van der Waals surface area (Å²) in [5.41, 5.74) is 2.69. The van der Waals surface area contributed by atoms with Crippen molar-refractivity contribution in [3.63, 3.8) is 0 Å². The minimum atomic E-state index is -3.65. The molecule has 1 heterocycles. The van der Waals surface area contributed by atoms with E-state index in [0.717, 1.165) is 20.3 Å². The standard InChI is InChI=1S/C22H24N2O3S2/c1-15-13-18(14-20(16(15)2)29(26,27)24(3)4)22(25)23-21(19-11-8-12-28-19)17-9-6-5-7-10-17/h5-14,21H,1-4H3,(H,23,25). The fourth-order valence-electron chi connectivity index (χ4n) is 3.06. The van der Waals surface area contributed by atoms with Crippen molar-refractivity contribution in [2.75, 3.05) is 14.1 Å². The van der Waals surface area contributed by atoms with Crippen molar-refractivity contribution in [1.29, 1.82) is 0 Å². The van der Waals surface area contributed by atoms with E-state index in [-0.39, 0.29) is 16.8 Å². The van der Waals surface area contributed by atoms with Crippen LogP contribution in [0.5, 0.6) is 0 Å². The molecule has 0 bridgehead atoms. The lowest BCUT2D eigenvalue weighted by Crippen LogP contribution is -2.29. The summed E-state index contributed by atoms with van der Waals surface area (Å²) >= 11 is 1.56. The number of rotatable bonds is 6. The first-order chi connectivity index (χ1) is 13.7. The van der Waals surface area contributed by atoms with Gasteiger partial charge in [0, 0.05) is 24.5 Å². The average Bonchev–Trinajstić information content (AvgIpc) is 3.22. The van der Waals surface area contributed by atoms with Crippen LogP contribution in [0.2, 0.25) is 0 Å². The molecule has 3 rings (SSSR count). The molecule has 0 spiro atoms. The highest BCUT2D eigenvalue weighted by atomic mass is 32.2. The molecule has 0 saturated carbocycles. The van der Waals surface area contributed by atoms with Crippen molar-refractivity contribution in [3.8, 4) is 0 Å². The summed E-state index contributed by atoms with van der Waals surface area (Å²) in [6.07, 6.45) is 0. The van der Waals surface area contributed by atoms with Crippen molar-refractivity contribution < 1.29 is 13.2 Å². The van der Waals surface area contributed by atoms with Gasteiger partial charge >= 0.3 is 0 Å². The zero-order valence-corrected chi connectivity index (χ0v) is 18.5. The Balaban J connectivity index is 2.01. The van der Waals surface area contributed by atoms with Crippen molar-refractivity contribution in [2.45, 2.75) is 24.8 Å². The van der Waals surface area contributed by atoms with Crippen LogP contribution in [0.25, 0.3) is 0 Å². The Labute approximate surface area is 176 Å². The van der Waals surface area contributed by atoms with Crippen molar-refractivity contribution in [2.24, 2.45) is 0 Å². The van der Waals surface area contributed by atoms with Crippen LogP contribution in [0.3, 0.4) is 0 Å². The fourth-order valence-corrected chi connectivity index (χ4v) is 5.08. The summed E-state index contributed by atoms with van der Waals surface area (Å²) in [7, 11) is -0.684. The Bertz CT molecular complexity index is 1110. The van der Waals surface area contributed by atoms with Crippen LogP contribution in [0.1, 0.15) is 38.0 Å². The van der Waals surface area contributed by atoms with Gasteiger partial charge in [-0.25, -0.2) is 12.7 Å². The van der Waals surface area contributed by atoms with E-state index in [2.05, 4.69) is 5.32 Å². The van der Waals surface area contributed by atoms with Gasteiger partial charge in [-0.2, -0.15) is 0 Å². The smallest absolute Gasteiger partial charge is 0.252 e. The number of aryl methyl sites for hydroxylation is 1. The molecule has 0 saturated heterocycles. The fraction of sp³-hybridized carbons (Fsp3) is 0.227. The van der Waals surface area contributed by atoms with Crippen LogP contribution in [0.15, 0.2) is 64.9 Å². The largest absolute Gasteiger partial charge is 0.340 e. The Morgan fingerprint density at radius 1 is 1.03 bits per heavy atom. The van der Waals surface area contributed by atoms with Gasteiger partial charge < -0.3 is 5.32 Å². The van der Waals surface area contributed by atoms with Gasteiger partial charge in [0.25, 0.3) is 5.91 Å². The molecule has 29 heavy (non-hydrogen) atoms. The van der Waals surface area contributed by atoms with E-state index in [1.807, 2.05) is 54.8 Å². The van der Waals surface area contributed by atoms with Crippen molar-refractivity contribution >= 4 is 27.3 Å². The molecule has 1 unspecified atom stereocenters. The molecule has 5 nitrogen and oxygen atoms in total. The van der Waals surface area contributed by atoms with Gasteiger partial charge in [-0.15, -0.1) is 11.3 Å². The normalized spacial score (nSPS) is 12.7. The maximum absolute atomic E-state index is 13.1. The monoisotopic (exact) mass is 428 g/mol. The number of amides is 1. The van der Waals surface area contributed by atoms with Crippen LogP contribution in [-0.2, 0) is 10.0 Å². The summed E-state index contributed by atoms with van der Waals surface area (Å²) in [5.74, 6) is -0.314. The quantitative estimate of drug-likeness (QED) is 0.642. The number of nitrogens with zero attached hydrogens (tertiary/aromatic N) is 1. The van der Waals surface area contributed by atoms with Gasteiger partial charge in [0.15, 0.2) is 0 Å². The molecule has 0 fully saturated rings. The van der Waals surface area contributed by atoms with E-state index in [1.165, 1.54) is 20.2 Å². The third-order valence-corrected chi connectivity index (χ3v) is 7.76. The van der Waals surface area contributed by atoms with Gasteiger partial charge in [-0.05, 0) is 54.1 Å². The van der Waals surface area contributed by atoms with Crippen LogP contribution < -0.4 is 5.32 Å². The van der Waals surface area contributed by atoms with Gasteiger partial charge in [-0.3, -0.25) is 4.79 Å². The molecular formula is C22H24N2O3S2. The molecule has 2 aromatic carbocycles. The first kappa shape index (κ1) is 21.2.